The van der Waals surface area contributed by atoms with E-state index in [9.17, 15) is 17.2 Å². The van der Waals surface area contributed by atoms with Crippen molar-refractivity contribution in [3.05, 3.63) is 53.1 Å². The van der Waals surface area contributed by atoms with Gasteiger partial charge in [-0.25, -0.2) is 13.1 Å². The Bertz CT molecular complexity index is 910. The Kier molecular flexibility index (Phi) is 7.59. The molecule has 0 saturated carbocycles. The molecule has 1 N–H and O–H groups in total. The van der Waals surface area contributed by atoms with E-state index in [4.69, 9.17) is 16.3 Å². The predicted molar refractivity (Wildman–Crippen MR) is 103 cm³/mol. The number of benzene rings is 2. The minimum Gasteiger partial charge on any atom is -0.497 e. The van der Waals surface area contributed by atoms with Crippen molar-refractivity contribution in [2.45, 2.75) is 17.5 Å². The third-order valence-corrected chi connectivity index (χ3v) is 5.71. The van der Waals surface area contributed by atoms with Gasteiger partial charge in [-0.1, -0.05) is 23.7 Å². The number of hydrogen-bond donors (Lipinski definition) is 1. The first-order valence-electron chi connectivity index (χ1n) is 8.18. The van der Waals surface area contributed by atoms with E-state index in [0.717, 1.165) is 23.8 Å². The van der Waals surface area contributed by atoms with Gasteiger partial charge in [-0.15, -0.1) is 0 Å². The number of likely N-dealkylation sites (N-methyl/N-ethyl adjacent to an activating group) is 1. The summed E-state index contributed by atoms with van der Waals surface area (Å²) in [6.45, 7) is -2.98. The summed E-state index contributed by atoms with van der Waals surface area (Å²) in [5.74, 6) is 0.367. The van der Waals surface area contributed by atoms with Crippen LogP contribution in [0.15, 0.2) is 47.4 Å². The second-order valence-corrected chi connectivity index (χ2v) is 8.25. The molecule has 6 nitrogen and oxygen atoms in total. The molecule has 0 amide bonds. The van der Waals surface area contributed by atoms with Gasteiger partial charge in [0, 0.05) is 12.6 Å². The van der Waals surface area contributed by atoms with E-state index in [-0.39, 0.29) is 28.3 Å². The number of halogens is 3. The highest BCUT2D eigenvalue weighted by molar-refractivity contribution is 7.89. The van der Waals surface area contributed by atoms with Gasteiger partial charge in [0.05, 0.1) is 17.0 Å². The fraction of sp³-hybridized carbons (Fsp3) is 0.333. The number of ether oxygens (including phenoxy) is 2. The number of sulfonamides is 1. The van der Waals surface area contributed by atoms with E-state index in [2.05, 4.69) is 9.46 Å². The monoisotopic (exact) mass is 434 g/mol. The molecule has 154 valence electrons. The van der Waals surface area contributed by atoms with Crippen LogP contribution in [0.5, 0.6) is 11.5 Å². The van der Waals surface area contributed by atoms with Gasteiger partial charge >= 0.3 is 6.61 Å². The first-order chi connectivity index (χ1) is 13.1. The van der Waals surface area contributed by atoms with Crippen molar-refractivity contribution in [1.82, 2.24) is 9.62 Å². The van der Waals surface area contributed by atoms with E-state index in [0.29, 0.717) is 5.75 Å². The molecular formula is C18H21ClF2N2O4S. The summed E-state index contributed by atoms with van der Waals surface area (Å²) in [5.41, 5.74) is 0.866. The van der Waals surface area contributed by atoms with Gasteiger partial charge in [0.1, 0.15) is 11.5 Å². The van der Waals surface area contributed by atoms with Crippen molar-refractivity contribution in [3.8, 4) is 11.5 Å². The predicted octanol–water partition coefficient (Wildman–Crippen LogP) is 3.53. The number of methoxy groups -OCH3 is 1. The summed E-state index contributed by atoms with van der Waals surface area (Å²) < 4.78 is 61.8. The smallest absolute Gasteiger partial charge is 0.387 e. The molecule has 1 atom stereocenters. The third kappa shape index (κ3) is 5.78. The molecule has 2 aromatic carbocycles. The molecule has 0 aliphatic rings. The summed E-state index contributed by atoms with van der Waals surface area (Å²) in [6, 6.07) is 10.4. The first-order valence-corrected chi connectivity index (χ1v) is 10.0. The maximum absolute atomic E-state index is 12.6. The highest BCUT2D eigenvalue weighted by Crippen LogP contribution is 2.29. The highest BCUT2D eigenvalue weighted by Gasteiger charge is 2.21. The minimum absolute atomic E-state index is 0.0788. The minimum atomic E-state index is -3.92. The van der Waals surface area contributed by atoms with Gasteiger partial charge in [-0.3, -0.25) is 0 Å². The highest BCUT2D eigenvalue weighted by atomic mass is 35.5. The van der Waals surface area contributed by atoms with Gasteiger partial charge in [-0.2, -0.15) is 8.78 Å². The molecule has 10 heteroatoms. The van der Waals surface area contributed by atoms with Crippen LogP contribution in [-0.4, -0.2) is 47.7 Å². The van der Waals surface area contributed by atoms with Gasteiger partial charge in [0.2, 0.25) is 10.0 Å². The molecule has 1 unspecified atom stereocenters. The molecule has 2 rings (SSSR count). The van der Waals surface area contributed by atoms with Crippen molar-refractivity contribution in [2.75, 3.05) is 27.7 Å². The van der Waals surface area contributed by atoms with Crippen LogP contribution >= 0.6 is 11.6 Å². The fourth-order valence-corrected chi connectivity index (χ4v) is 3.91. The number of alkyl halides is 2. The average molecular weight is 435 g/mol. The van der Waals surface area contributed by atoms with E-state index < -0.39 is 16.6 Å². The summed E-state index contributed by atoms with van der Waals surface area (Å²) in [7, 11) is 1.29. The van der Waals surface area contributed by atoms with Crippen LogP contribution in [0.3, 0.4) is 0 Å². The molecule has 2 aromatic rings. The van der Waals surface area contributed by atoms with E-state index in [1.54, 1.807) is 13.2 Å². The van der Waals surface area contributed by atoms with Crippen LogP contribution in [0.25, 0.3) is 0 Å². The molecule has 0 aliphatic heterocycles. The van der Waals surface area contributed by atoms with Gasteiger partial charge in [0.25, 0.3) is 0 Å². The van der Waals surface area contributed by atoms with Crippen LogP contribution in [0.4, 0.5) is 8.78 Å². The topological polar surface area (TPSA) is 67.9 Å². The zero-order valence-electron chi connectivity index (χ0n) is 15.5. The number of rotatable bonds is 9. The molecule has 28 heavy (non-hydrogen) atoms. The van der Waals surface area contributed by atoms with Crippen LogP contribution in [0.1, 0.15) is 11.6 Å². The molecule has 0 aliphatic carbocycles. The molecule has 0 aromatic heterocycles. The van der Waals surface area contributed by atoms with Crippen LogP contribution in [0.2, 0.25) is 5.02 Å². The molecule has 0 heterocycles. The van der Waals surface area contributed by atoms with Gasteiger partial charge in [-0.05, 0) is 50.0 Å². The Balaban J connectivity index is 2.19. The largest absolute Gasteiger partial charge is 0.497 e. The van der Waals surface area contributed by atoms with Crippen molar-refractivity contribution >= 4 is 21.6 Å². The standard InChI is InChI=1S/C18H21ClF2N2O4S/c1-23(2)16(12-5-4-6-13(9-12)26-3)11-22-28(24,25)14-7-8-17(15(19)10-14)27-18(20)21/h4-10,16,18,22H,11H2,1-3H3. The zero-order valence-corrected chi connectivity index (χ0v) is 17.1. The van der Waals surface area contributed by atoms with Crippen molar-refractivity contribution in [1.29, 1.82) is 0 Å². The Labute approximate surface area is 168 Å². The van der Waals surface area contributed by atoms with E-state index in [1.165, 1.54) is 0 Å². The Morgan fingerprint density at radius 3 is 2.46 bits per heavy atom. The number of nitrogens with one attached hydrogen (secondary N) is 1. The van der Waals surface area contributed by atoms with Crippen molar-refractivity contribution < 1.29 is 26.7 Å². The Hall–Kier alpha value is -1.94. The van der Waals surface area contributed by atoms with Crippen molar-refractivity contribution in [3.63, 3.8) is 0 Å². The molecular weight excluding hydrogens is 414 g/mol. The first kappa shape index (κ1) is 22.4. The van der Waals surface area contributed by atoms with Crippen molar-refractivity contribution in [2.24, 2.45) is 0 Å². The number of hydrogen-bond acceptors (Lipinski definition) is 5. The SMILES string of the molecule is COc1cccc(C(CNS(=O)(=O)c2ccc(OC(F)F)c(Cl)c2)N(C)C)c1. The molecule has 0 radical (unpaired) electrons. The second kappa shape index (κ2) is 9.51. The fourth-order valence-electron chi connectivity index (χ4n) is 2.56. The lowest BCUT2D eigenvalue weighted by Crippen LogP contribution is -2.34. The van der Waals surface area contributed by atoms with E-state index >= 15 is 0 Å². The molecule has 0 bridgehead atoms. The molecule has 0 saturated heterocycles. The lowest BCUT2D eigenvalue weighted by Gasteiger charge is -2.25. The van der Waals surface area contributed by atoms with Gasteiger partial charge < -0.3 is 14.4 Å². The lowest BCUT2D eigenvalue weighted by molar-refractivity contribution is -0.0498. The van der Waals surface area contributed by atoms with Crippen LogP contribution in [0, 0.1) is 0 Å². The van der Waals surface area contributed by atoms with Crippen LogP contribution < -0.4 is 14.2 Å². The maximum atomic E-state index is 12.6. The summed E-state index contributed by atoms with van der Waals surface area (Å²) >= 11 is 5.85. The second-order valence-electron chi connectivity index (χ2n) is 6.08. The van der Waals surface area contributed by atoms with E-state index in [1.807, 2.05) is 37.2 Å². The lowest BCUT2D eigenvalue weighted by atomic mass is 10.1. The quantitative estimate of drug-likeness (QED) is 0.654. The summed E-state index contributed by atoms with van der Waals surface area (Å²) in [6.07, 6.45) is 0. The summed E-state index contributed by atoms with van der Waals surface area (Å²) in [5, 5.41) is -0.222. The maximum Gasteiger partial charge on any atom is 0.387 e. The molecule has 0 fully saturated rings. The third-order valence-electron chi connectivity index (χ3n) is 4.00. The Morgan fingerprint density at radius 1 is 1.18 bits per heavy atom. The van der Waals surface area contributed by atoms with Crippen LogP contribution in [-0.2, 0) is 10.0 Å². The number of nitrogens with zero attached hydrogens (tertiary/aromatic N) is 1. The zero-order chi connectivity index (χ0) is 20.9. The molecule has 0 spiro atoms. The average Bonchev–Trinajstić information content (AvgIpc) is 2.63. The van der Waals surface area contributed by atoms with Gasteiger partial charge in [0.15, 0.2) is 0 Å². The normalized spacial score (nSPS) is 13.0. The summed E-state index contributed by atoms with van der Waals surface area (Å²) in [4.78, 5) is 1.71. The Morgan fingerprint density at radius 2 is 1.89 bits per heavy atom.